The highest BCUT2D eigenvalue weighted by Gasteiger charge is 2.22. The van der Waals surface area contributed by atoms with Crippen molar-refractivity contribution in [3.63, 3.8) is 0 Å². The molecule has 1 atom stereocenters. The van der Waals surface area contributed by atoms with E-state index in [-0.39, 0.29) is 11.9 Å². The molecule has 28 heavy (non-hydrogen) atoms. The molecule has 2 aromatic carbocycles. The molecule has 5 nitrogen and oxygen atoms in total. The van der Waals surface area contributed by atoms with Crippen molar-refractivity contribution in [2.24, 2.45) is 0 Å². The molecule has 1 unspecified atom stereocenters. The van der Waals surface area contributed by atoms with E-state index in [9.17, 15) is 4.79 Å². The highest BCUT2D eigenvalue weighted by molar-refractivity contribution is 5.93. The summed E-state index contributed by atoms with van der Waals surface area (Å²) in [4.78, 5) is 23.7. The second-order valence-electron chi connectivity index (χ2n) is 7.19. The Morgan fingerprint density at radius 3 is 2.39 bits per heavy atom. The number of aromatic nitrogens is 2. The molecular weight excluding hydrogens is 348 g/mol. The van der Waals surface area contributed by atoms with Crippen LogP contribution < -0.4 is 5.32 Å². The van der Waals surface area contributed by atoms with Crippen molar-refractivity contribution >= 4 is 5.91 Å². The number of carbonyl (C=O) groups is 1. The van der Waals surface area contributed by atoms with Gasteiger partial charge in [-0.3, -0.25) is 9.69 Å². The van der Waals surface area contributed by atoms with Crippen LogP contribution in [0, 0.1) is 0 Å². The molecule has 1 fully saturated rings. The standard InChI is InChI=1S/C23H24N4O/c28-23(20-14-24-22(25-15-20)19-10-5-2-6-11-19)26-21-12-7-13-27(17-21)16-18-8-3-1-4-9-18/h1-6,8-11,14-15,21H,7,12-13,16-17H2,(H,26,28). The predicted molar refractivity (Wildman–Crippen MR) is 110 cm³/mol. The van der Waals surface area contributed by atoms with Gasteiger partial charge in [0.15, 0.2) is 5.82 Å². The Bertz CT molecular complexity index is 897. The lowest BCUT2D eigenvalue weighted by Crippen LogP contribution is -2.47. The summed E-state index contributed by atoms with van der Waals surface area (Å²) < 4.78 is 0. The summed E-state index contributed by atoms with van der Waals surface area (Å²) in [5, 5.41) is 3.15. The van der Waals surface area contributed by atoms with Gasteiger partial charge in [0.25, 0.3) is 5.91 Å². The van der Waals surface area contributed by atoms with Crippen LogP contribution in [-0.4, -0.2) is 39.9 Å². The lowest BCUT2D eigenvalue weighted by Gasteiger charge is -2.33. The minimum absolute atomic E-state index is 0.105. The third-order valence-electron chi connectivity index (χ3n) is 5.04. The zero-order valence-corrected chi connectivity index (χ0v) is 15.8. The number of rotatable bonds is 5. The van der Waals surface area contributed by atoms with Crippen LogP contribution in [0.4, 0.5) is 0 Å². The molecular formula is C23H24N4O. The largest absolute Gasteiger partial charge is 0.348 e. The van der Waals surface area contributed by atoms with E-state index in [1.165, 1.54) is 5.56 Å². The first-order valence-corrected chi connectivity index (χ1v) is 9.72. The number of nitrogens with one attached hydrogen (secondary N) is 1. The van der Waals surface area contributed by atoms with Gasteiger partial charge in [-0.2, -0.15) is 0 Å². The van der Waals surface area contributed by atoms with Crippen molar-refractivity contribution in [3.8, 4) is 11.4 Å². The molecule has 142 valence electrons. The normalized spacial score (nSPS) is 17.2. The average Bonchev–Trinajstić information content (AvgIpc) is 2.75. The van der Waals surface area contributed by atoms with Crippen LogP contribution in [0.5, 0.6) is 0 Å². The van der Waals surface area contributed by atoms with Crippen molar-refractivity contribution in [2.45, 2.75) is 25.4 Å². The Morgan fingerprint density at radius 1 is 1.00 bits per heavy atom. The molecule has 0 saturated carbocycles. The van der Waals surface area contributed by atoms with E-state index in [0.717, 1.165) is 38.0 Å². The van der Waals surface area contributed by atoms with Crippen LogP contribution >= 0.6 is 0 Å². The summed E-state index contributed by atoms with van der Waals surface area (Å²) in [6.07, 6.45) is 5.30. The molecule has 4 rings (SSSR count). The smallest absolute Gasteiger partial charge is 0.254 e. The lowest BCUT2D eigenvalue weighted by atomic mass is 10.0. The third-order valence-corrected chi connectivity index (χ3v) is 5.04. The van der Waals surface area contributed by atoms with E-state index in [4.69, 9.17) is 0 Å². The molecule has 5 heteroatoms. The molecule has 0 spiro atoms. The second kappa shape index (κ2) is 8.76. The molecule has 2 heterocycles. The van der Waals surface area contributed by atoms with E-state index in [1.54, 1.807) is 12.4 Å². The van der Waals surface area contributed by atoms with Crippen molar-refractivity contribution < 1.29 is 4.79 Å². The maximum atomic E-state index is 12.6. The maximum absolute atomic E-state index is 12.6. The van der Waals surface area contributed by atoms with Gasteiger partial charge in [0.05, 0.1) is 5.56 Å². The molecule has 0 aliphatic carbocycles. The fraction of sp³-hybridized carbons (Fsp3) is 0.261. The first-order chi connectivity index (χ1) is 13.8. The Balaban J connectivity index is 1.35. The van der Waals surface area contributed by atoms with Crippen molar-refractivity contribution in [1.29, 1.82) is 0 Å². The highest BCUT2D eigenvalue weighted by atomic mass is 16.1. The van der Waals surface area contributed by atoms with Gasteiger partial charge >= 0.3 is 0 Å². The first kappa shape index (κ1) is 18.3. The minimum Gasteiger partial charge on any atom is -0.348 e. The molecule has 1 saturated heterocycles. The van der Waals surface area contributed by atoms with Crippen molar-refractivity contribution in [1.82, 2.24) is 20.2 Å². The SMILES string of the molecule is O=C(NC1CCCN(Cc2ccccc2)C1)c1cnc(-c2ccccc2)nc1. The summed E-state index contributed by atoms with van der Waals surface area (Å²) in [5.41, 5.74) is 2.75. The van der Waals surface area contributed by atoms with Crippen LogP contribution in [0.25, 0.3) is 11.4 Å². The molecule has 1 N–H and O–H groups in total. The number of likely N-dealkylation sites (tertiary alicyclic amines) is 1. The summed E-state index contributed by atoms with van der Waals surface area (Å²) in [6, 6.07) is 20.4. The Kier molecular flexibility index (Phi) is 5.73. The summed E-state index contributed by atoms with van der Waals surface area (Å²) in [7, 11) is 0. The van der Waals surface area contributed by atoms with Crippen molar-refractivity contribution in [3.05, 3.63) is 84.2 Å². The second-order valence-corrected chi connectivity index (χ2v) is 7.19. The fourth-order valence-corrected chi connectivity index (χ4v) is 3.61. The molecule has 1 aliphatic heterocycles. The first-order valence-electron chi connectivity index (χ1n) is 9.72. The van der Waals surface area contributed by atoms with Gasteiger partial charge in [0.2, 0.25) is 0 Å². The van der Waals surface area contributed by atoms with Crippen LogP contribution in [-0.2, 0) is 6.54 Å². The Labute approximate surface area is 165 Å². The maximum Gasteiger partial charge on any atom is 0.254 e. The van der Waals surface area contributed by atoms with E-state index >= 15 is 0 Å². The van der Waals surface area contributed by atoms with E-state index in [1.807, 2.05) is 36.4 Å². The number of piperidine rings is 1. The van der Waals surface area contributed by atoms with Gasteiger partial charge < -0.3 is 5.32 Å². The quantitative estimate of drug-likeness (QED) is 0.744. The number of hydrogen-bond donors (Lipinski definition) is 1. The Hall–Kier alpha value is -3.05. The van der Waals surface area contributed by atoms with E-state index in [2.05, 4.69) is 44.5 Å². The van der Waals surface area contributed by atoms with Gasteiger partial charge in [-0.15, -0.1) is 0 Å². The molecule has 1 aromatic heterocycles. The van der Waals surface area contributed by atoms with Crippen molar-refractivity contribution in [2.75, 3.05) is 13.1 Å². The molecule has 1 aliphatic rings. The van der Waals surface area contributed by atoms with Crippen LogP contribution in [0.15, 0.2) is 73.1 Å². The van der Waals surface area contributed by atoms with Crippen LogP contribution in [0.3, 0.4) is 0 Å². The lowest BCUT2D eigenvalue weighted by molar-refractivity contribution is 0.0900. The van der Waals surface area contributed by atoms with Gasteiger partial charge in [-0.25, -0.2) is 9.97 Å². The van der Waals surface area contributed by atoms with E-state index in [0.29, 0.717) is 11.4 Å². The predicted octanol–water partition coefficient (Wildman–Crippen LogP) is 3.54. The summed E-state index contributed by atoms with van der Waals surface area (Å²) in [5.74, 6) is 0.523. The fourth-order valence-electron chi connectivity index (χ4n) is 3.61. The molecule has 1 amide bonds. The van der Waals surface area contributed by atoms with Gasteiger partial charge in [-0.1, -0.05) is 60.7 Å². The zero-order valence-electron chi connectivity index (χ0n) is 15.8. The number of benzene rings is 2. The number of nitrogens with zero attached hydrogens (tertiary/aromatic N) is 3. The van der Waals surface area contributed by atoms with Crippen LogP contribution in [0.1, 0.15) is 28.8 Å². The van der Waals surface area contributed by atoms with Gasteiger partial charge in [0.1, 0.15) is 0 Å². The number of hydrogen-bond acceptors (Lipinski definition) is 4. The summed E-state index contributed by atoms with van der Waals surface area (Å²) in [6.45, 7) is 2.85. The van der Waals surface area contributed by atoms with Crippen LogP contribution in [0.2, 0.25) is 0 Å². The van der Waals surface area contributed by atoms with E-state index < -0.39 is 0 Å². The molecule has 0 radical (unpaired) electrons. The summed E-state index contributed by atoms with van der Waals surface area (Å²) >= 11 is 0. The molecule has 0 bridgehead atoms. The minimum atomic E-state index is -0.105. The third kappa shape index (κ3) is 4.61. The van der Waals surface area contributed by atoms with Gasteiger partial charge in [0, 0.05) is 37.1 Å². The number of carbonyl (C=O) groups excluding carboxylic acids is 1. The van der Waals surface area contributed by atoms with Gasteiger partial charge in [-0.05, 0) is 24.9 Å². The zero-order chi connectivity index (χ0) is 19.2. The molecule has 3 aromatic rings. The Morgan fingerprint density at radius 2 is 1.68 bits per heavy atom. The average molecular weight is 372 g/mol. The monoisotopic (exact) mass is 372 g/mol. The number of amides is 1. The topological polar surface area (TPSA) is 58.1 Å². The highest BCUT2D eigenvalue weighted by Crippen LogP contribution is 2.15.